The van der Waals surface area contributed by atoms with Gasteiger partial charge in [-0.15, -0.1) is 0 Å². The molecule has 214 valence electrons. The molecule has 0 aliphatic heterocycles. The highest BCUT2D eigenvalue weighted by Gasteiger charge is 2.34. The summed E-state index contributed by atoms with van der Waals surface area (Å²) < 4.78 is 4.91. The molecule has 2 aromatic heterocycles. The molecule has 0 saturated carbocycles. The summed E-state index contributed by atoms with van der Waals surface area (Å²) in [6.45, 7) is 2.41. The van der Waals surface area contributed by atoms with Gasteiger partial charge in [0.15, 0.2) is 0 Å². The lowest BCUT2D eigenvalue weighted by Crippen LogP contribution is -2.26. The van der Waals surface area contributed by atoms with Gasteiger partial charge in [-0.05, 0) is 71.1 Å². The van der Waals surface area contributed by atoms with Gasteiger partial charge in [0.1, 0.15) is 0 Å². The van der Waals surface area contributed by atoms with Crippen molar-refractivity contribution >= 4 is 38.8 Å². The van der Waals surface area contributed by atoms with Crippen LogP contribution in [0.15, 0.2) is 158 Å². The van der Waals surface area contributed by atoms with E-state index in [4.69, 9.17) is 0 Å². The van der Waals surface area contributed by atoms with Crippen LogP contribution in [0.25, 0.3) is 61.3 Å². The van der Waals surface area contributed by atoms with Gasteiger partial charge in [-0.25, -0.2) is 0 Å². The molecule has 0 bridgehead atoms. The molecule has 0 spiro atoms. The van der Waals surface area contributed by atoms with Crippen LogP contribution in [0.1, 0.15) is 23.7 Å². The first-order valence-corrected chi connectivity index (χ1v) is 15.8. The lowest BCUT2D eigenvalue weighted by molar-refractivity contribution is 0.591. The Kier molecular flexibility index (Phi) is 5.73. The highest BCUT2D eigenvalue weighted by atomic mass is 15.0. The number of allylic oxidation sites excluding steroid dienone is 1. The van der Waals surface area contributed by atoms with Crippen LogP contribution < -0.4 is 0 Å². The maximum Gasteiger partial charge on any atom is 0.0581 e. The van der Waals surface area contributed by atoms with Crippen molar-refractivity contribution in [1.82, 2.24) is 9.13 Å². The Morgan fingerprint density at radius 2 is 1.07 bits per heavy atom. The molecule has 2 heteroatoms. The second kappa shape index (κ2) is 9.97. The zero-order valence-corrected chi connectivity index (χ0v) is 25.2. The van der Waals surface area contributed by atoms with E-state index >= 15 is 0 Å². The number of rotatable bonds is 4. The van der Waals surface area contributed by atoms with Crippen molar-refractivity contribution in [2.75, 3.05) is 0 Å². The van der Waals surface area contributed by atoms with Gasteiger partial charge in [0.25, 0.3) is 0 Å². The predicted molar refractivity (Wildman–Crippen MR) is 190 cm³/mol. The third-order valence-corrected chi connectivity index (χ3v) is 9.73. The van der Waals surface area contributed by atoms with Gasteiger partial charge >= 0.3 is 0 Å². The van der Waals surface area contributed by atoms with E-state index in [2.05, 4.69) is 180 Å². The molecule has 45 heavy (non-hydrogen) atoms. The van der Waals surface area contributed by atoms with Crippen molar-refractivity contribution in [3.63, 3.8) is 0 Å². The molecule has 1 unspecified atom stereocenters. The monoisotopic (exact) mass is 576 g/mol. The van der Waals surface area contributed by atoms with Crippen molar-refractivity contribution in [1.29, 1.82) is 0 Å². The molecule has 9 rings (SSSR count). The van der Waals surface area contributed by atoms with Crippen LogP contribution in [0.4, 0.5) is 0 Å². The van der Waals surface area contributed by atoms with E-state index in [0.29, 0.717) is 0 Å². The maximum atomic E-state index is 2.48. The standard InChI is InChI=1S/C43H32N2/c1-43(28-27-41-37(29-43)35-18-9-10-21-39(35)44(41)32-15-6-3-7-16-32)38-20-12-19-36-34-17-8-11-22-40(34)45(42(36)38)33-25-23-31(24-26-33)30-13-4-2-5-14-30/h2-28H,29H2,1H3. The van der Waals surface area contributed by atoms with Gasteiger partial charge in [0.2, 0.25) is 0 Å². The fourth-order valence-electron chi connectivity index (χ4n) is 7.60. The fourth-order valence-corrected chi connectivity index (χ4v) is 7.60. The van der Waals surface area contributed by atoms with Crippen LogP contribution in [-0.2, 0) is 11.8 Å². The first-order valence-electron chi connectivity index (χ1n) is 15.8. The number of fused-ring (bicyclic) bond motifs is 6. The van der Waals surface area contributed by atoms with E-state index in [0.717, 1.165) is 6.42 Å². The summed E-state index contributed by atoms with van der Waals surface area (Å²) in [5, 5.41) is 3.91. The number of benzene rings is 6. The number of aromatic nitrogens is 2. The molecule has 2 heterocycles. The quantitative estimate of drug-likeness (QED) is 0.197. The molecule has 8 aromatic rings. The lowest BCUT2D eigenvalue weighted by Gasteiger charge is -2.31. The minimum absolute atomic E-state index is 0.200. The molecule has 1 aliphatic carbocycles. The molecule has 1 atom stereocenters. The van der Waals surface area contributed by atoms with Gasteiger partial charge < -0.3 is 9.13 Å². The van der Waals surface area contributed by atoms with Crippen LogP contribution in [-0.4, -0.2) is 9.13 Å². The van der Waals surface area contributed by atoms with Gasteiger partial charge in [-0.1, -0.05) is 128 Å². The molecule has 2 nitrogen and oxygen atoms in total. The summed E-state index contributed by atoms with van der Waals surface area (Å²) >= 11 is 0. The van der Waals surface area contributed by atoms with Crippen LogP contribution >= 0.6 is 0 Å². The second-order valence-corrected chi connectivity index (χ2v) is 12.4. The van der Waals surface area contributed by atoms with E-state index in [1.54, 1.807) is 0 Å². The van der Waals surface area contributed by atoms with E-state index in [-0.39, 0.29) is 5.41 Å². The molecule has 6 aromatic carbocycles. The van der Waals surface area contributed by atoms with Crippen molar-refractivity contribution in [3.05, 3.63) is 175 Å². The number of hydrogen-bond acceptors (Lipinski definition) is 0. The van der Waals surface area contributed by atoms with E-state index in [1.807, 2.05) is 0 Å². The van der Waals surface area contributed by atoms with Crippen LogP contribution in [0.2, 0.25) is 0 Å². The van der Waals surface area contributed by atoms with E-state index < -0.39 is 0 Å². The number of hydrogen-bond donors (Lipinski definition) is 0. The Morgan fingerprint density at radius 3 is 1.82 bits per heavy atom. The van der Waals surface area contributed by atoms with E-state index in [1.165, 1.54) is 72.0 Å². The fraction of sp³-hybridized carbons (Fsp3) is 0.0698. The third-order valence-electron chi connectivity index (χ3n) is 9.73. The smallest absolute Gasteiger partial charge is 0.0581 e. The lowest BCUT2D eigenvalue weighted by atomic mass is 9.73. The topological polar surface area (TPSA) is 9.86 Å². The Bertz CT molecular complexity index is 2390. The molecule has 1 aliphatic rings. The van der Waals surface area contributed by atoms with Gasteiger partial charge in [-0.3, -0.25) is 0 Å². The highest BCUT2D eigenvalue weighted by Crippen LogP contribution is 2.45. The Hall–Kier alpha value is -5.60. The molecule has 0 saturated heterocycles. The van der Waals surface area contributed by atoms with Gasteiger partial charge in [0.05, 0.1) is 16.6 Å². The molecule has 0 fully saturated rings. The van der Waals surface area contributed by atoms with Crippen molar-refractivity contribution in [2.24, 2.45) is 0 Å². The number of para-hydroxylation sites is 4. The summed E-state index contributed by atoms with van der Waals surface area (Å²) in [6, 6.07) is 55.0. The molecule has 0 N–H and O–H groups in total. The maximum absolute atomic E-state index is 2.48. The Balaban J connectivity index is 1.25. The molecule has 0 radical (unpaired) electrons. The van der Waals surface area contributed by atoms with Crippen LogP contribution in [0.3, 0.4) is 0 Å². The predicted octanol–water partition coefficient (Wildman–Crippen LogP) is 10.9. The minimum Gasteiger partial charge on any atom is -0.310 e. The Morgan fingerprint density at radius 1 is 0.489 bits per heavy atom. The van der Waals surface area contributed by atoms with Crippen molar-refractivity contribution in [3.8, 4) is 22.5 Å². The molecular weight excluding hydrogens is 544 g/mol. The summed E-state index contributed by atoms with van der Waals surface area (Å²) in [5.74, 6) is 0. The van der Waals surface area contributed by atoms with Crippen molar-refractivity contribution < 1.29 is 0 Å². The highest BCUT2D eigenvalue weighted by molar-refractivity contribution is 6.10. The Labute approximate surface area is 263 Å². The first kappa shape index (κ1) is 25.9. The first-order chi connectivity index (χ1) is 22.2. The van der Waals surface area contributed by atoms with Crippen LogP contribution in [0.5, 0.6) is 0 Å². The van der Waals surface area contributed by atoms with E-state index in [9.17, 15) is 0 Å². The summed E-state index contributed by atoms with van der Waals surface area (Å²) in [4.78, 5) is 0. The zero-order valence-electron chi connectivity index (χ0n) is 25.2. The summed E-state index contributed by atoms with van der Waals surface area (Å²) in [7, 11) is 0. The van der Waals surface area contributed by atoms with Crippen molar-refractivity contribution in [2.45, 2.75) is 18.8 Å². The second-order valence-electron chi connectivity index (χ2n) is 12.4. The third kappa shape index (κ3) is 3.96. The normalized spacial score (nSPS) is 16.0. The zero-order chi connectivity index (χ0) is 30.0. The molecule has 0 amide bonds. The summed E-state index contributed by atoms with van der Waals surface area (Å²) in [6.07, 6.45) is 5.74. The van der Waals surface area contributed by atoms with Gasteiger partial charge in [0, 0.05) is 38.6 Å². The average molecular weight is 577 g/mol. The van der Waals surface area contributed by atoms with Crippen LogP contribution in [0, 0.1) is 0 Å². The largest absolute Gasteiger partial charge is 0.310 e. The average Bonchev–Trinajstić information content (AvgIpc) is 3.62. The van der Waals surface area contributed by atoms with Gasteiger partial charge in [-0.2, -0.15) is 0 Å². The summed E-state index contributed by atoms with van der Waals surface area (Å²) in [5.41, 5.74) is 12.5. The number of nitrogens with zero attached hydrogens (tertiary/aromatic N) is 2. The minimum atomic E-state index is -0.200. The molecular formula is C43H32N2. The SMILES string of the molecule is CC1(c2cccc3c4ccccc4n(-c4ccc(-c5ccccc5)cc4)c23)C=Cc2c(c3ccccc3n2-c2ccccc2)C1.